The molecule has 1 aromatic heterocycles. The summed E-state index contributed by atoms with van der Waals surface area (Å²) in [7, 11) is 1.41. The van der Waals surface area contributed by atoms with Crippen molar-refractivity contribution in [2.75, 3.05) is 7.11 Å². The van der Waals surface area contributed by atoms with Crippen molar-refractivity contribution in [3.05, 3.63) is 52.8 Å². The van der Waals surface area contributed by atoms with Crippen LogP contribution in [0.3, 0.4) is 0 Å². The minimum Gasteiger partial charge on any atom is -0.493 e. The van der Waals surface area contributed by atoms with Crippen LogP contribution in [0.15, 0.2) is 30.5 Å². The van der Waals surface area contributed by atoms with Crippen LogP contribution in [-0.2, 0) is 20.7 Å². The number of methoxy groups -OCH3 is 1. The first-order valence-corrected chi connectivity index (χ1v) is 11.1. The Hall–Kier alpha value is -3.42. The Balaban J connectivity index is 1.43. The van der Waals surface area contributed by atoms with Crippen LogP contribution in [-0.4, -0.2) is 42.1 Å². The van der Waals surface area contributed by atoms with E-state index in [9.17, 15) is 14.4 Å². The molecule has 2 unspecified atom stereocenters. The second-order valence-electron chi connectivity index (χ2n) is 8.70. The summed E-state index contributed by atoms with van der Waals surface area (Å²) in [5, 5.41) is 2.60. The van der Waals surface area contributed by atoms with Gasteiger partial charge in [0, 0.05) is 24.6 Å². The van der Waals surface area contributed by atoms with Gasteiger partial charge in [-0.2, -0.15) is 0 Å². The van der Waals surface area contributed by atoms with Gasteiger partial charge in [0.05, 0.1) is 13.0 Å². The topological polar surface area (TPSA) is 104 Å². The number of fused-ring (bicyclic) bond motifs is 1. The molecule has 1 saturated carbocycles. The number of aromatic nitrogens is 1. The Morgan fingerprint density at radius 1 is 1.18 bits per heavy atom. The van der Waals surface area contributed by atoms with E-state index in [2.05, 4.69) is 29.4 Å². The molecule has 0 saturated heterocycles. The number of rotatable bonds is 7. The molecule has 0 spiro atoms. The van der Waals surface area contributed by atoms with Crippen LogP contribution in [0.2, 0.25) is 0 Å². The van der Waals surface area contributed by atoms with Gasteiger partial charge < -0.3 is 19.5 Å². The van der Waals surface area contributed by atoms with Crippen LogP contribution < -0.4 is 14.8 Å². The third-order valence-electron chi connectivity index (χ3n) is 6.23. The van der Waals surface area contributed by atoms with Crippen molar-refractivity contribution in [2.45, 2.75) is 58.1 Å². The van der Waals surface area contributed by atoms with Crippen LogP contribution in [0.1, 0.15) is 59.8 Å². The molecule has 1 amide bonds. The molecule has 1 N–H and O–H groups in total. The maximum Gasteiger partial charge on any atom is 0.328 e. The van der Waals surface area contributed by atoms with E-state index in [-0.39, 0.29) is 35.1 Å². The molecule has 2 aliphatic rings. The fraction of sp³-hybridized carbons (Fsp3) is 0.440. The minimum atomic E-state index is -0.922. The molecule has 0 bridgehead atoms. The Kier molecular flexibility index (Phi) is 6.35. The number of pyridine rings is 1. The number of nitrogens with zero attached hydrogens (tertiary/aromatic N) is 1. The number of carbonyl (C=O) groups excluding carboxylic acids is 3. The maximum absolute atomic E-state index is 12.9. The number of hydrogen-bond donors (Lipinski definition) is 1. The lowest BCUT2D eigenvalue weighted by Crippen LogP contribution is -2.41. The van der Waals surface area contributed by atoms with Gasteiger partial charge in [-0.05, 0) is 43.4 Å². The summed E-state index contributed by atoms with van der Waals surface area (Å²) in [4.78, 5) is 41.9. The zero-order chi connectivity index (χ0) is 23.7. The molecule has 33 heavy (non-hydrogen) atoms. The summed E-state index contributed by atoms with van der Waals surface area (Å²) in [6, 6.07) is 6.69. The van der Waals surface area contributed by atoms with Gasteiger partial charge in [0.15, 0.2) is 11.4 Å². The Morgan fingerprint density at radius 2 is 1.94 bits per heavy atom. The van der Waals surface area contributed by atoms with Crippen molar-refractivity contribution in [3.8, 4) is 11.5 Å². The number of carbonyl (C=O) groups is 3. The van der Waals surface area contributed by atoms with E-state index in [1.54, 1.807) is 6.92 Å². The molecule has 8 nitrogen and oxygen atoms in total. The van der Waals surface area contributed by atoms with E-state index in [0.29, 0.717) is 6.42 Å². The Morgan fingerprint density at radius 3 is 2.61 bits per heavy atom. The van der Waals surface area contributed by atoms with E-state index >= 15 is 0 Å². The lowest BCUT2D eigenvalue weighted by atomic mass is 9.97. The molecule has 1 fully saturated rings. The summed E-state index contributed by atoms with van der Waals surface area (Å²) in [6.45, 7) is 5.64. The first-order valence-electron chi connectivity index (χ1n) is 11.1. The predicted octanol–water partition coefficient (Wildman–Crippen LogP) is 3.10. The zero-order valence-electron chi connectivity index (χ0n) is 19.2. The molecule has 3 atom stereocenters. The van der Waals surface area contributed by atoms with Gasteiger partial charge >= 0.3 is 11.9 Å². The van der Waals surface area contributed by atoms with E-state index < -0.39 is 23.9 Å². The predicted molar refractivity (Wildman–Crippen MR) is 119 cm³/mol. The minimum absolute atomic E-state index is 0.0506. The average Bonchev–Trinajstić information content (AvgIpc) is 3.59. The fourth-order valence-electron chi connectivity index (χ4n) is 4.22. The standard InChI is InChI=1S/C25H28N2O6/c1-13-6-5-7-17-12-19(14(2)20(13)17)32-24(29)15(3)27-23(28)21-22(18(31-4)10-11-26-21)33-25(30)16-8-9-16/h5-7,10-11,14-16,19H,8-9,12H2,1-4H3,(H,27,28)/t14?,15-,19?/m0/s1. The van der Waals surface area contributed by atoms with Crippen molar-refractivity contribution in [2.24, 2.45) is 5.92 Å². The smallest absolute Gasteiger partial charge is 0.328 e. The summed E-state index contributed by atoms with van der Waals surface area (Å²) in [5.41, 5.74) is 3.45. The third kappa shape index (κ3) is 4.69. The van der Waals surface area contributed by atoms with Crippen LogP contribution in [0, 0.1) is 12.8 Å². The highest BCUT2D eigenvalue weighted by molar-refractivity contribution is 5.98. The van der Waals surface area contributed by atoms with Crippen molar-refractivity contribution in [3.63, 3.8) is 0 Å². The largest absolute Gasteiger partial charge is 0.493 e. The third-order valence-corrected chi connectivity index (χ3v) is 6.23. The van der Waals surface area contributed by atoms with Crippen molar-refractivity contribution in [1.29, 1.82) is 0 Å². The molecule has 0 radical (unpaired) electrons. The quantitative estimate of drug-likeness (QED) is 0.644. The van der Waals surface area contributed by atoms with Gasteiger partial charge in [0.2, 0.25) is 5.75 Å². The Labute approximate surface area is 192 Å². The van der Waals surface area contributed by atoms with E-state index in [0.717, 1.165) is 12.8 Å². The van der Waals surface area contributed by atoms with E-state index in [1.807, 2.05) is 13.0 Å². The zero-order valence-corrected chi connectivity index (χ0v) is 19.2. The highest BCUT2D eigenvalue weighted by Gasteiger charge is 2.36. The van der Waals surface area contributed by atoms with Crippen LogP contribution >= 0.6 is 0 Å². The Bertz CT molecular complexity index is 1090. The molecular weight excluding hydrogens is 424 g/mol. The van der Waals surface area contributed by atoms with Crippen LogP contribution in [0.25, 0.3) is 0 Å². The van der Waals surface area contributed by atoms with Gasteiger partial charge in [0.1, 0.15) is 12.1 Å². The molecule has 2 aliphatic carbocycles. The highest BCUT2D eigenvalue weighted by atomic mass is 16.6. The molecule has 0 aliphatic heterocycles. The van der Waals surface area contributed by atoms with Gasteiger partial charge in [-0.15, -0.1) is 0 Å². The van der Waals surface area contributed by atoms with Crippen molar-refractivity contribution < 1.29 is 28.6 Å². The summed E-state index contributed by atoms with van der Waals surface area (Å²) in [5.74, 6) is -1.55. The summed E-state index contributed by atoms with van der Waals surface area (Å²) >= 11 is 0. The number of esters is 2. The van der Waals surface area contributed by atoms with Crippen molar-refractivity contribution >= 4 is 17.8 Å². The van der Waals surface area contributed by atoms with Gasteiger partial charge in [-0.1, -0.05) is 25.1 Å². The van der Waals surface area contributed by atoms with E-state index in [4.69, 9.17) is 14.2 Å². The SMILES string of the molecule is COc1ccnc(C(=O)N[C@@H](C)C(=O)OC2Cc3cccc(C)c3C2C)c1OC(=O)C1CC1. The number of hydrogen-bond acceptors (Lipinski definition) is 7. The van der Waals surface area contributed by atoms with Gasteiger partial charge in [-0.25, -0.2) is 9.78 Å². The maximum atomic E-state index is 12.9. The van der Waals surface area contributed by atoms with Crippen molar-refractivity contribution in [1.82, 2.24) is 10.3 Å². The second-order valence-corrected chi connectivity index (χ2v) is 8.70. The molecule has 4 rings (SSSR count). The summed E-state index contributed by atoms with van der Waals surface area (Å²) in [6.07, 6.45) is 3.25. The average molecular weight is 453 g/mol. The molecule has 8 heteroatoms. The van der Waals surface area contributed by atoms with Crippen LogP contribution in [0.4, 0.5) is 0 Å². The molecule has 2 aromatic rings. The van der Waals surface area contributed by atoms with Gasteiger partial charge in [-0.3, -0.25) is 9.59 Å². The van der Waals surface area contributed by atoms with Gasteiger partial charge in [0.25, 0.3) is 5.91 Å². The number of aryl methyl sites for hydroxylation is 1. The molecular formula is C25H28N2O6. The molecule has 1 heterocycles. The van der Waals surface area contributed by atoms with E-state index in [1.165, 1.54) is 36.1 Å². The summed E-state index contributed by atoms with van der Waals surface area (Å²) < 4.78 is 16.4. The molecule has 1 aromatic carbocycles. The lowest BCUT2D eigenvalue weighted by molar-refractivity contribution is -0.151. The highest BCUT2D eigenvalue weighted by Crippen LogP contribution is 2.37. The number of ether oxygens (including phenoxy) is 3. The normalized spacial score (nSPS) is 19.9. The number of benzene rings is 1. The molecule has 174 valence electrons. The fourth-order valence-corrected chi connectivity index (χ4v) is 4.22. The monoisotopic (exact) mass is 452 g/mol. The first-order chi connectivity index (χ1) is 15.8. The van der Waals surface area contributed by atoms with Crippen LogP contribution in [0.5, 0.6) is 11.5 Å². The number of amides is 1. The number of nitrogens with one attached hydrogen (secondary N) is 1. The first kappa shape index (κ1) is 22.8. The second kappa shape index (κ2) is 9.21. The lowest BCUT2D eigenvalue weighted by Gasteiger charge is -2.21.